The van der Waals surface area contributed by atoms with Crippen molar-refractivity contribution in [2.75, 3.05) is 26.7 Å². The molecule has 6 heteroatoms. The average Bonchev–Trinajstić information content (AvgIpc) is 2.77. The lowest BCUT2D eigenvalue weighted by molar-refractivity contribution is -0.141. The van der Waals surface area contributed by atoms with Crippen molar-refractivity contribution >= 4 is 12.0 Å². The Labute approximate surface area is 113 Å². The lowest BCUT2D eigenvalue weighted by Gasteiger charge is -2.38. The molecule has 1 aliphatic carbocycles. The first-order valence-electron chi connectivity index (χ1n) is 6.96. The summed E-state index contributed by atoms with van der Waals surface area (Å²) in [6.45, 7) is 4.55. The number of carbonyl (C=O) groups excluding carboxylic acids is 1. The van der Waals surface area contributed by atoms with Crippen LogP contribution in [0.5, 0.6) is 0 Å². The van der Waals surface area contributed by atoms with Gasteiger partial charge in [-0.3, -0.25) is 4.79 Å². The second-order valence-corrected chi connectivity index (χ2v) is 5.80. The molecule has 2 fully saturated rings. The Morgan fingerprint density at radius 1 is 1.26 bits per heavy atom. The monoisotopic (exact) mass is 269 g/mol. The van der Waals surface area contributed by atoms with Crippen molar-refractivity contribution < 1.29 is 14.7 Å². The van der Waals surface area contributed by atoms with E-state index in [1.807, 2.05) is 11.8 Å². The molecule has 1 saturated heterocycles. The number of carboxylic acids is 1. The molecule has 0 aromatic heterocycles. The normalized spacial score (nSPS) is 32.3. The molecule has 2 N–H and O–H groups in total. The molecule has 3 atom stereocenters. The first-order chi connectivity index (χ1) is 8.97. The molecule has 6 nitrogen and oxygen atoms in total. The van der Waals surface area contributed by atoms with Crippen molar-refractivity contribution in [1.82, 2.24) is 15.1 Å². The van der Waals surface area contributed by atoms with Gasteiger partial charge in [-0.1, -0.05) is 0 Å². The minimum atomic E-state index is -0.746. The zero-order chi connectivity index (χ0) is 14.0. The summed E-state index contributed by atoms with van der Waals surface area (Å²) < 4.78 is 0. The molecule has 19 heavy (non-hydrogen) atoms. The van der Waals surface area contributed by atoms with E-state index in [4.69, 9.17) is 5.11 Å². The van der Waals surface area contributed by atoms with E-state index in [1.165, 1.54) is 0 Å². The lowest BCUT2D eigenvalue weighted by Crippen LogP contribution is -2.56. The summed E-state index contributed by atoms with van der Waals surface area (Å²) in [7, 11) is 2.06. The number of carboxylic acid groups (broad SMARTS) is 1. The molecule has 0 aromatic rings. The van der Waals surface area contributed by atoms with Gasteiger partial charge in [0.05, 0.1) is 5.92 Å². The van der Waals surface area contributed by atoms with Crippen molar-refractivity contribution in [1.29, 1.82) is 0 Å². The first kappa shape index (κ1) is 14.1. The molecule has 2 amide bonds. The van der Waals surface area contributed by atoms with E-state index in [2.05, 4.69) is 17.3 Å². The van der Waals surface area contributed by atoms with Crippen LogP contribution in [0.15, 0.2) is 0 Å². The number of likely N-dealkylation sites (N-methyl/N-ethyl adjacent to an activating group) is 1. The summed E-state index contributed by atoms with van der Waals surface area (Å²) in [6.07, 6.45) is 1.99. The summed E-state index contributed by atoms with van der Waals surface area (Å²) in [5, 5.41) is 11.9. The maximum absolute atomic E-state index is 12.2. The maximum atomic E-state index is 12.2. The van der Waals surface area contributed by atoms with Gasteiger partial charge in [-0.25, -0.2) is 4.79 Å². The van der Waals surface area contributed by atoms with Crippen LogP contribution in [0, 0.1) is 5.92 Å². The minimum Gasteiger partial charge on any atom is -0.481 e. The third-order valence-corrected chi connectivity index (χ3v) is 4.20. The molecular weight excluding hydrogens is 246 g/mol. The summed E-state index contributed by atoms with van der Waals surface area (Å²) in [6, 6.07) is 0.174. The van der Waals surface area contributed by atoms with Crippen LogP contribution < -0.4 is 5.32 Å². The van der Waals surface area contributed by atoms with Crippen molar-refractivity contribution in [3.05, 3.63) is 0 Å². The third kappa shape index (κ3) is 3.37. The summed E-state index contributed by atoms with van der Waals surface area (Å²) in [5.74, 6) is -1.04. The number of piperazine rings is 1. The topological polar surface area (TPSA) is 72.9 Å². The smallest absolute Gasteiger partial charge is 0.317 e. The van der Waals surface area contributed by atoms with Gasteiger partial charge < -0.3 is 20.2 Å². The molecule has 2 rings (SSSR count). The molecular formula is C13H23N3O3. The molecule has 0 aromatic carbocycles. The Bertz CT molecular complexity index is 361. The molecule has 1 aliphatic heterocycles. The van der Waals surface area contributed by atoms with E-state index in [0.29, 0.717) is 12.8 Å². The van der Waals surface area contributed by atoms with Crippen molar-refractivity contribution in [2.24, 2.45) is 5.92 Å². The highest BCUT2D eigenvalue weighted by Crippen LogP contribution is 2.26. The van der Waals surface area contributed by atoms with Gasteiger partial charge in [0.25, 0.3) is 0 Å². The van der Waals surface area contributed by atoms with Gasteiger partial charge in [-0.05, 0) is 33.2 Å². The van der Waals surface area contributed by atoms with E-state index in [9.17, 15) is 9.59 Å². The number of aliphatic carboxylic acids is 1. The Balaban J connectivity index is 1.83. The van der Waals surface area contributed by atoms with Gasteiger partial charge in [0.1, 0.15) is 0 Å². The molecule has 108 valence electrons. The van der Waals surface area contributed by atoms with Crippen LogP contribution >= 0.6 is 0 Å². The maximum Gasteiger partial charge on any atom is 0.317 e. The lowest BCUT2D eigenvalue weighted by atomic mass is 10.1. The van der Waals surface area contributed by atoms with Gasteiger partial charge in [0.15, 0.2) is 0 Å². The van der Waals surface area contributed by atoms with Gasteiger partial charge in [-0.2, -0.15) is 0 Å². The number of amides is 2. The molecule has 1 saturated carbocycles. The second-order valence-electron chi connectivity index (χ2n) is 5.80. The predicted octanol–water partition coefficient (Wildman–Crippen LogP) is 0.585. The predicted molar refractivity (Wildman–Crippen MR) is 71.0 cm³/mol. The van der Waals surface area contributed by atoms with Gasteiger partial charge in [0.2, 0.25) is 0 Å². The number of nitrogens with zero attached hydrogens (tertiary/aromatic N) is 2. The minimum absolute atomic E-state index is 0.0143. The zero-order valence-corrected chi connectivity index (χ0v) is 11.6. The van der Waals surface area contributed by atoms with Crippen molar-refractivity contribution in [3.8, 4) is 0 Å². The molecule has 1 heterocycles. The van der Waals surface area contributed by atoms with Gasteiger partial charge >= 0.3 is 12.0 Å². The van der Waals surface area contributed by atoms with Crippen LogP contribution in [-0.4, -0.2) is 65.7 Å². The highest BCUT2D eigenvalue weighted by molar-refractivity contribution is 5.75. The highest BCUT2D eigenvalue weighted by Gasteiger charge is 2.33. The summed E-state index contributed by atoms with van der Waals surface area (Å²) in [5.41, 5.74) is 0. The van der Waals surface area contributed by atoms with Crippen molar-refractivity contribution in [2.45, 2.75) is 38.3 Å². The fourth-order valence-electron chi connectivity index (χ4n) is 3.04. The number of hydrogen-bond donors (Lipinski definition) is 2. The van der Waals surface area contributed by atoms with E-state index in [-0.39, 0.29) is 24.0 Å². The Morgan fingerprint density at radius 3 is 2.58 bits per heavy atom. The van der Waals surface area contributed by atoms with Crippen LogP contribution in [0.25, 0.3) is 0 Å². The fourth-order valence-corrected chi connectivity index (χ4v) is 3.04. The molecule has 1 unspecified atom stereocenters. The number of rotatable bonds is 2. The van der Waals surface area contributed by atoms with E-state index < -0.39 is 5.97 Å². The Morgan fingerprint density at radius 2 is 2.00 bits per heavy atom. The molecule has 0 radical (unpaired) electrons. The van der Waals surface area contributed by atoms with E-state index in [0.717, 1.165) is 26.1 Å². The van der Waals surface area contributed by atoms with Crippen LogP contribution in [0.1, 0.15) is 26.2 Å². The molecule has 0 spiro atoms. The van der Waals surface area contributed by atoms with E-state index in [1.54, 1.807) is 0 Å². The van der Waals surface area contributed by atoms with Crippen LogP contribution in [0.2, 0.25) is 0 Å². The third-order valence-electron chi connectivity index (χ3n) is 4.20. The van der Waals surface area contributed by atoms with Crippen molar-refractivity contribution in [3.63, 3.8) is 0 Å². The highest BCUT2D eigenvalue weighted by atomic mass is 16.4. The standard InChI is InChI=1S/C13H23N3O3/c1-9-8-15(2)5-6-16(9)13(19)14-11-4-3-10(7-11)12(17)18/h9-11H,3-8H2,1-2H3,(H,14,19)(H,17,18)/t9?,10-,11+/m1/s1. The number of nitrogens with one attached hydrogen (secondary N) is 1. The van der Waals surface area contributed by atoms with E-state index >= 15 is 0 Å². The van der Waals surface area contributed by atoms with Gasteiger partial charge in [0, 0.05) is 31.7 Å². The fraction of sp³-hybridized carbons (Fsp3) is 0.846. The first-order valence-corrected chi connectivity index (χ1v) is 6.96. The molecule has 2 aliphatic rings. The summed E-state index contributed by atoms with van der Waals surface area (Å²) >= 11 is 0. The SMILES string of the molecule is CC1CN(C)CCN1C(=O)N[C@H]1CC[C@@H](C(=O)O)C1. The molecule has 0 bridgehead atoms. The van der Waals surface area contributed by atoms with Crippen LogP contribution in [0.3, 0.4) is 0 Å². The summed E-state index contributed by atoms with van der Waals surface area (Å²) in [4.78, 5) is 27.2. The van der Waals surface area contributed by atoms with Crippen LogP contribution in [0.4, 0.5) is 4.79 Å². The second kappa shape index (κ2) is 5.77. The number of carbonyl (C=O) groups is 2. The van der Waals surface area contributed by atoms with Crippen LogP contribution in [-0.2, 0) is 4.79 Å². The zero-order valence-electron chi connectivity index (χ0n) is 11.6. The average molecular weight is 269 g/mol. The number of urea groups is 1. The number of hydrogen-bond acceptors (Lipinski definition) is 3. The Hall–Kier alpha value is -1.30. The Kier molecular flexibility index (Phi) is 4.29. The quantitative estimate of drug-likeness (QED) is 0.769. The van der Waals surface area contributed by atoms with Gasteiger partial charge in [-0.15, -0.1) is 0 Å². The largest absolute Gasteiger partial charge is 0.481 e.